The summed E-state index contributed by atoms with van der Waals surface area (Å²) in [5.74, 6) is -1.34. The van der Waals surface area contributed by atoms with Gasteiger partial charge in [-0.15, -0.1) is 11.3 Å². The lowest BCUT2D eigenvalue weighted by atomic mass is 9.84. The maximum absolute atomic E-state index is 12.2. The van der Waals surface area contributed by atoms with Crippen LogP contribution in [0, 0.1) is 0 Å². The summed E-state index contributed by atoms with van der Waals surface area (Å²) >= 11 is 1.59. The third-order valence-electron chi connectivity index (χ3n) is 4.83. The number of hydrogen-bond donors (Lipinski definition) is 3. The summed E-state index contributed by atoms with van der Waals surface area (Å²) in [5.41, 5.74) is 0.338. The molecule has 2 heterocycles. The van der Waals surface area contributed by atoms with E-state index in [0.717, 1.165) is 30.6 Å². The zero-order valence-electron chi connectivity index (χ0n) is 14.7. The lowest BCUT2D eigenvalue weighted by Crippen LogP contribution is -2.43. The molecule has 1 saturated carbocycles. The average Bonchev–Trinajstić information content (AvgIpc) is 3.30. The van der Waals surface area contributed by atoms with E-state index in [2.05, 4.69) is 15.6 Å². The van der Waals surface area contributed by atoms with Crippen molar-refractivity contribution in [2.24, 2.45) is 0 Å². The highest BCUT2D eigenvalue weighted by Crippen LogP contribution is 2.44. The molecule has 2 aromatic rings. The fourth-order valence-corrected chi connectivity index (χ4v) is 4.57. The van der Waals surface area contributed by atoms with Gasteiger partial charge in [-0.25, -0.2) is 0 Å². The molecule has 2 aromatic heterocycles. The SMILES string of the molecule is C[C@H](O)c1ccc(C2(CNC(=O)C(=O)Nc3cccnc3)CCCC2)s1. The van der Waals surface area contributed by atoms with Gasteiger partial charge in [-0.1, -0.05) is 12.8 Å². The van der Waals surface area contributed by atoms with E-state index in [4.69, 9.17) is 0 Å². The van der Waals surface area contributed by atoms with Crippen molar-refractivity contribution in [1.82, 2.24) is 10.3 Å². The van der Waals surface area contributed by atoms with Gasteiger partial charge in [-0.3, -0.25) is 14.6 Å². The van der Waals surface area contributed by atoms with Crippen molar-refractivity contribution < 1.29 is 14.7 Å². The molecule has 0 bridgehead atoms. The van der Waals surface area contributed by atoms with Crippen molar-refractivity contribution in [1.29, 1.82) is 0 Å². The van der Waals surface area contributed by atoms with Crippen LogP contribution < -0.4 is 10.6 Å². The molecule has 1 atom stereocenters. The number of aliphatic hydroxyl groups excluding tert-OH is 1. The lowest BCUT2D eigenvalue weighted by molar-refractivity contribution is -0.136. The topological polar surface area (TPSA) is 91.3 Å². The van der Waals surface area contributed by atoms with Crippen LogP contribution in [0.1, 0.15) is 48.5 Å². The number of aliphatic hydroxyl groups is 1. The fraction of sp³-hybridized carbons (Fsp3) is 0.421. The Balaban J connectivity index is 1.65. The number of carbonyl (C=O) groups is 2. The minimum atomic E-state index is -0.693. The number of nitrogens with one attached hydrogen (secondary N) is 2. The summed E-state index contributed by atoms with van der Waals surface area (Å²) in [4.78, 5) is 30.3. The average molecular weight is 373 g/mol. The van der Waals surface area contributed by atoms with E-state index in [0.29, 0.717) is 12.2 Å². The Bertz CT molecular complexity index is 767. The summed E-state index contributed by atoms with van der Waals surface area (Å²) in [6, 6.07) is 7.36. The first kappa shape index (κ1) is 18.5. The van der Waals surface area contributed by atoms with Crippen LogP contribution in [0.3, 0.4) is 0 Å². The number of thiophene rings is 1. The molecule has 3 rings (SSSR count). The van der Waals surface area contributed by atoms with Crippen LogP contribution in [0.25, 0.3) is 0 Å². The second-order valence-corrected chi connectivity index (χ2v) is 7.86. The number of aromatic nitrogens is 1. The third kappa shape index (κ3) is 4.11. The molecular formula is C19H23N3O3S. The van der Waals surface area contributed by atoms with Gasteiger partial charge in [-0.2, -0.15) is 0 Å². The van der Waals surface area contributed by atoms with Crippen molar-refractivity contribution in [3.05, 3.63) is 46.4 Å². The van der Waals surface area contributed by atoms with Crippen LogP contribution in [0.4, 0.5) is 5.69 Å². The zero-order valence-corrected chi connectivity index (χ0v) is 15.5. The van der Waals surface area contributed by atoms with E-state index in [1.807, 2.05) is 12.1 Å². The molecule has 0 aliphatic heterocycles. The highest BCUT2D eigenvalue weighted by molar-refractivity contribution is 7.12. The molecule has 1 aliphatic rings. The van der Waals surface area contributed by atoms with Crippen LogP contribution in [-0.4, -0.2) is 28.4 Å². The minimum Gasteiger partial charge on any atom is -0.388 e. The number of carbonyl (C=O) groups excluding carboxylic acids is 2. The predicted molar refractivity (Wildman–Crippen MR) is 101 cm³/mol. The van der Waals surface area contributed by atoms with Crippen molar-refractivity contribution in [3.63, 3.8) is 0 Å². The van der Waals surface area contributed by atoms with Crippen LogP contribution in [-0.2, 0) is 15.0 Å². The molecule has 26 heavy (non-hydrogen) atoms. The Kier molecular flexibility index (Phi) is 5.68. The summed E-state index contributed by atoms with van der Waals surface area (Å²) in [6.07, 6.45) is 6.73. The summed E-state index contributed by atoms with van der Waals surface area (Å²) in [5, 5.41) is 15.1. The van der Waals surface area contributed by atoms with Crippen molar-refractivity contribution in [2.45, 2.75) is 44.1 Å². The van der Waals surface area contributed by atoms with E-state index in [1.165, 1.54) is 11.1 Å². The molecule has 6 nitrogen and oxygen atoms in total. The van der Waals surface area contributed by atoms with Gasteiger partial charge >= 0.3 is 11.8 Å². The highest BCUT2D eigenvalue weighted by Gasteiger charge is 2.37. The Morgan fingerprint density at radius 2 is 2.04 bits per heavy atom. The fourth-order valence-electron chi connectivity index (χ4n) is 3.38. The number of pyridine rings is 1. The molecule has 7 heteroatoms. The summed E-state index contributed by atoms with van der Waals surface area (Å²) in [7, 11) is 0. The van der Waals surface area contributed by atoms with Crippen molar-refractivity contribution in [3.8, 4) is 0 Å². The van der Waals surface area contributed by atoms with Gasteiger partial charge in [0.05, 0.1) is 18.0 Å². The normalized spacial score (nSPS) is 16.8. The Morgan fingerprint density at radius 3 is 2.65 bits per heavy atom. The number of hydrogen-bond acceptors (Lipinski definition) is 5. The van der Waals surface area contributed by atoms with E-state index >= 15 is 0 Å². The van der Waals surface area contributed by atoms with Gasteiger partial charge in [0.1, 0.15) is 0 Å². The van der Waals surface area contributed by atoms with E-state index in [-0.39, 0.29) is 5.41 Å². The first-order valence-corrected chi connectivity index (χ1v) is 9.59. The van der Waals surface area contributed by atoms with E-state index in [9.17, 15) is 14.7 Å². The van der Waals surface area contributed by atoms with Gasteiger partial charge < -0.3 is 15.7 Å². The zero-order chi connectivity index (χ0) is 18.6. The van der Waals surface area contributed by atoms with Gasteiger partial charge in [0.15, 0.2) is 0 Å². The molecule has 0 saturated heterocycles. The monoisotopic (exact) mass is 373 g/mol. The van der Waals surface area contributed by atoms with E-state index < -0.39 is 17.9 Å². The second-order valence-electron chi connectivity index (χ2n) is 6.74. The van der Waals surface area contributed by atoms with Gasteiger partial charge in [0.2, 0.25) is 0 Å². The van der Waals surface area contributed by atoms with Gasteiger partial charge in [-0.05, 0) is 44.0 Å². The maximum atomic E-state index is 12.2. The number of anilines is 1. The molecule has 138 valence electrons. The smallest absolute Gasteiger partial charge is 0.313 e. The van der Waals surface area contributed by atoms with Crippen LogP contribution in [0.2, 0.25) is 0 Å². The molecule has 0 unspecified atom stereocenters. The molecule has 0 spiro atoms. The number of amides is 2. The van der Waals surface area contributed by atoms with Crippen LogP contribution in [0.15, 0.2) is 36.7 Å². The molecule has 1 aliphatic carbocycles. The van der Waals surface area contributed by atoms with Gasteiger partial charge in [0, 0.05) is 27.9 Å². The summed E-state index contributed by atoms with van der Waals surface area (Å²) in [6.45, 7) is 2.17. The number of rotatable bonds is 5. The van der Waals surface area contributed by atoms with Gasteiger partial charge in [0.25, 0.3) is 0 Å². The van der Waals surface area contributed by atoms with Crippen molar-refractivity contribution >= 4 is 28.8 Å². The Morgan fingerprint density at radius 1 is 1.27 bits per heavy atom. The largest absolute Gasteiger partial charge is 0.388 e. The third-order valence-corrected chi connectivity index (χ3v) is 6.34. The molecule has 1 fully saturated rings. The van der Waals surface area contributed by atoms with E-state index in [1.54, 1.807) is 36.6 Å². The second kappa shape index (κ2) is 7.97. The molecule has 0 aromatic carbocycles. The first-order valence-electron chi connectivity index (χ1n) is 8.78. The minimum absolute atomic E-state index is 0.151. The van der Waals surface area contributed by atoms with Crippen LogP contribution >= 0.6 is 11.3 Å². The summed E-state index contributed by atoms with van der Waals surface area (Å²) < 4.78 is 0. The maximum Gasteiger partial charge on any atom is 0.313 e. The Labute approximate surface area is 156 Å². The quantitative estimate of drug-likeness (QED) is 0.703. The van der Waals surface area contributed by atoms with Crippen LogP contribution in [0.5, 0.6) is 0 Å². The number of nitrogens with zero attached hydrogens (tertiary/aromatic N) is 1. The first-order chi connectivity index (χ1) is 12.5. The molecule has 0 radical (unpaired) electrons. The van der Waals surface area contributed by atoms with Crippen molar-refractivity contribution in [2.75, 3.05) is 11.9 Å². The Hall–Kier alpha value is -2.25. The molecule has 3 N–H and O–H groups in total. The molecular weight excluding hydrogens is 350 g/mol. The lowest BCUT2D eigenvalue weighted by Gasteiger charge is -2.28. The standard InChI is InChI=1S/C19H23N3O3S/c1-13(23)15-6-7-16(26-15)19(8-2-3-9-19)12-21-17(24)18(25)22-14-5-4-10-20-11-14/h4-7,10-11,13,23H,2-3,8-9,12H2,1H3,(H,21,24)(H,22,25)/t13-/m0/s1. The highest BCUT2D eigenvalue weighted by atomic mass is 32.1. The predicted octanol–water partition coefficient (Wildman–Crippen LogP) is 2.76. The molecule has 2 amide bonds.